The Balaban J connectivity index is 2.06. The quantitative estimate of drug-likeness (QED) is 0.840. The van der Waals surface area contributed by atoms with Gasteiger partial charge in [0.05, 0.1) is 11.8 Å². The van der Waals surface area contributed by atoms with Gasteiger partial charge in [-0.25, -0.2) is 0 Å². The summed E-state index contributed by atoms with van der Waals surface area (Å²) in [6, 6.07) is 7.34. The van der Waals surface area contributed by atoms with Crippen LogP contribution in [0.5, 0.6) is 0 Å². The lowest BCUT2D eigenvalue weighted by atomic mass is 9.77. The van der Waals surface area contributed by atoms with E-state index in [1.165, 1.54) is 6.42 Å². The molecule has 1 aromatic carbocycles. The third kappa shape index (κ3) is 4.09. The van der Waals surface area contributed by atoms with Gasteiger partial charge in [-0.2, -0.15) is 0 Å². The molecule has 4 nitrogen and oxygen atoms in total. The maximum Gasteiger partial charge on any atom is 0.310 e. The molecule has 0 bridgehead atoms. The van der Waals surface area contributed by atoms with Crippen molar-refractivity contribution in [1.82, 2.24) is 0 Å². The Labute approximate surface area is 131 Å². The SMILES string of the molecule is C[C@H](C(=O)O)c1ccc(CC(C(=O)O)C2CCCCC2)cc1. The first kappa shape index (κ1) is 16.5. The molecule has 0 saturated heterocycles. The summed E-state index contributed by atoms with van der Waals surface area (Å²) < 4.78 is 0. The van der Waals surface area contributed by atoms with Gasteiger partial charge in [0.1, 0.15) is 0 Å². The van der Waals surface area contributed by atoms with Gasteiger partial charge in [0, 0.05) is 0 Å². The molecule has 1 aliphatic rings. The zero-order chi connectivity index (χ0) is 16.1. The van der Waals surface area contributed by atoms with Crippen molar-refractivity contribution >= 4 is 11.9 Å². The van der Waals surface area contributed by atoms with Gasteiger partial charge in [0.2, 0.25) is 0 Å². The third-order valence-corrected chi connectivity index (χ3v) is 4.84. The molecular formula is C18H24O4. The summed E-state index contributed by atoms with van der Waals surface area (Å²) in [5.74, 6) is -2.16. The average Bonchev–Trinajstić information content (AvgIpc) is 2.53. The summed E-state index contributed by atoms with van der Waals surface area (Å²) in [5, 5.41) is 18.5. The number of aliphatic carboxylic acids is 2. The second-order valence-electron chi connectivity index (χ2n) is 6.35. The molecule has 2 N–H and O–H groups in total. The number of benzene rings is 1. The third-order valence-electron chi connectivity index (χ3n) is 4.84. The molecular weight excluding hydrogens is 280 g/mol. The van der Waals surface area contributed by atoms with Crippen molar-refractivity contribution in [2.75, 3.05) is 0 Å². The van der Waals surface area contributed by atoms with Crippen LogP contribution in [0.4, 0.5) is 0 Å². The molecule has 22 heavy (non-hydrogen) atoms. The molecule has 1 fully saturated rings. The summed E-state index contributed by atoms with van der Waals surface area (Å²) >= 11 is 0. The van der Waals surface area contributed by atoms with Gasteiger partial charge in [0.25, 0.3) is 0 Å². The Hall–Kier alpha value is -1.84. The van der Waals surface area contributed by atoms with E-state index in [0.29, 0.717) is 6.42 Å². The number of hydrogen-bond acceptors (Lipinski definition) is 2. The topological polar surface area (TPSA) is 74.6 Å². The molecule has 1 saturated carbocycles. The Morgan fingerprint density at radius 1 is 1.05 bits per heavy atom. The van der Waals surface area contributed by atoms with Gasteiger partial charge >= 0.3 is 11.9 Å². The first-order chi connectivity index (χ1) is 10.5. The van der Waals surface area contributed by atoms with Crippen LogP contribution in [0.1, 0.15) is 56.1 Å². The van der Waals surface area contributed by atoms with Crippen molar-refractivity contribution in [1.29, 1.82) is 0 Å². The zero-order valence-electron chi connectivity index (χ0n) is 13.0. The van der Waals surface area contributed by atoms with E-state index in [4.69, 9.17) is 5.11 Å². The Kier molecular flexibility index (Phi) is 5.58. The molecule has 0 radical (unpaired) electrons. The standard InChI is InChI=1S/C18H24O4/c1-12(17(19)20)14-9-7-13(8-10-14)11-16(18(21)22)15-5-3-2-4-6-15/h7-10,12,15-16H,2-6,11H2,1H3,(H,19,20)(H,21,22)/t12-,16?/m0/s1. The van der Waals surface area contributed by atoms with E-state index >= 15 is 0 Å². The highest BCUT2D eigenvalue weighted by Crippen LogP contribution is 2.32. The fraction of sp³-hybridized carbons (Fsp3) is 0.556. The van der Waals surface area contributed by atoms with Crippen molar-refractivity contribution in [3.05, 3.63) is 35.4 Å². The summed E-state index contributed by atoms with van der Waals surface area (Å²) in [7, 11) is 0. The maximum atomic E-state index is 11.6. The van der Waals surface area contributed by atoms with Crippen LogP contribution in [0.2, 0.25) is 0 Å². The lowest BCUT2D eigenvalue weighted by molar-refractivity contribution is -0.144. The first-order valence-electron chi connectivity index (χ1n) is 8.03. The van der Waals surface area contributed by atoms with Crippen LogP contribution >= 0.6 is 0 Å². The van der Waals surface area contributed by atoms with E-state index < -0.39 is 17.9 Å². The molecule has 1 unspecified atom stereocenters. The number of carboxylic acids is 2. The second kappa shape index (κ2) is 7.43. The molecule has 2 rings (SSSR count). The minimum Gasteiger partial charge on any atom is -0.481 e. The highest BCUT2D eigenvalue weighted by molar-refractivity contribution is 5.75. The molecule has 1 aromatic rings. The van der Waals surface area contributed by atoms with Crippen molar-refractivity contribution in [3.8, 4) is 0 Å². The molecule has 0 heterocycles. The lowest BCUT2D eigenvalue weighted by Crippen LogP contribution is -2.27. The van der Waals surface area contributed by atoms with Gasteiger partial charge < -0.3 is 10.2 Å². The van der Waals surface area contributed by atoms with E-state index in [1.807, 2.05) is 12.1 Å². The van der Waals surface area contributed by atoms with Crippen LogP contribution < -0.4 is 0 Å². The molecule has 2 atom stereocenters. The summed E-state index contributed by atoms with van der Waals surface area (Å²) in [5.41, 5.74) is 1.72. The smallest absolute Gasteiger partial charge is 0.310 e. The Bertz CT molecular complexity index is 514. The minimum absolute atomic E-state index is 0.267. The van der Waals surface area contributed by atoms with Crippen LogP contribution in [0.25, 0.3) is 0 Å². The number of carbonyl (C=O) groups is 2. The van der Waals surface area contributed by atoms with Gasteiger partial charge in [-0.1, -0.05) is 43.5 Å². The van der Waals surface area contributed by atoms with E-state index in [2.05, 4.69) is 0 Å². The summed E-state index contributed by atoms with van der Waals surface area (Å²) in [6.07, 6.45) is 6.01. The van der Waals surface area contributed by atoms with E-state index in [-0.39, 0.29) is 11.8 Å². The van der Waals surface area contributed by atoms with Crippen LogP contribution in [0.15, 0.2) is 24.3 Å². The van der Waals surface area contributed by atoms with Crippen molar-refractivity contribution in [2.45, 2.75) is 51.4 Å². The van der Waals surface area contributed by atoms with Gasteiger partial charge in [0.15, 0.2) is 0 Å². The fourth-order valence-electron chi connectivity index (χ4n) is 3.33. The highest BCUT2D eigenvalue weighted by Gasteiger charge is 2.29. The molecule has 1 aliphatic carbocycles. The molecule has 0 aromatic heterocycles. The van der Waals surface area contributed by atoms with Gasteiger partial charge in [-0.3, -0.25) is 9.59 Å². The Morgan fingerprint density at radius 3 is 2.14 bits per heavy atom. The predicted molar refractivity (Wildman–Crippen MR) is 83.9 cm³/mol. The fourth-order valence-corrected chi connectivity index (χ4v) is 3.33. The number of rotatable bonds is 6. The Morgan fingerprint density at radius 2 is 1.64 bits per heavy atom. The molecule has 0 amide bonds. The predicted octanol–water partition coefficient (Wildman–Crippen LogP) is 3.70. The van der Waals surface area contributed by atoms with E-state index in [1.54, 1.807) is 19.1 Å². The summed E-state index contributed by atoms with van der Waals surface area (Å²) in [6.45, 7) is 1.65. The van der Waals surface area contributed by atoms with Crippen LogP contribution in [0, 0.1) is 11.8 Å². The number of hydrogen-bond donors (Lipinski definition) is 2. The zero-order valence-corrected chi connectivity index (χ0v) is 13.0. The highest BCUT2D eigenvalue weighted by atomic mass is 16.4. The first-order valence-corrected chi connectivity index (χ1v) is 8.03. The molecule has 120 valence electrons. The largest absolute Gasteiger partial charge is 0.481 e. The molecule has 0 spiro atoms. The lowest BCUT2D eigenvalue weighted by Gasteiger charge is -2.27. The second-order valence-corrected chi connectivity index (χ2v) is 6.35. The van der Waals surface area contributed by atoms with E-state index in [0.717, 1.165) is 36.8 Å². The van der Waals surface area contributed by atoms with Crippen LogP contribution in [-0.2, 0) is 16.0 Å². The summed E-state index contributed by atoms with van der Waals surface area (Å²) in [4.78, 5) is 22.6. The average molecular weight is 304 g/mol. The monoisotopic (exact) mass is 304 g/mol. The minimum atomic E-state index is -0.849. The van der Waals surface area contributed by atoms with Crippen molar-refractivity contribution in [3.63, 3.8) is 0 Å². The van der Waals surface area contributed by atoms with E-state index in [9.17, 15) is 14.7 Å². The van der Waals surface area contributed by atoms with Crippen molar-refractivity contribution < 1.29 is 19.8 Å². The van der Waals surface area contributed by atoms with Gasteiger partial charge in [-0.05, 0) is 43.2 Å². The van der Waals surface area contributed by atoms with Gasteiger partial charge in [-0.15, -0.1) is 0 Å². The maximum absolute atomic E-state index is 11.6. The number of carboxylic acid groups (broad SMARTS) is 2. The van der Waals surface area contributed by atoms with Crippen LogP contribution in [0.3, 0.4) is 0 Å². The normalized spacial score (nSPS) is 18.6. The molecule has 0 aliphatic heterocycles. The molecule has 4 heteroatoms. The van der Waals surface area contributed by atoms with Crippen LogP contribution in [-0.4, -0.2) is 22.2 Å². The van der Waals surface area contributed by atoms with Crippen molar-refractivity contribution in [2.24, 2.45) is 11.8 Å².